The van der Waals surface area contributed by atoms with Crippen molar-refractivity contribution >= 4 is 23.8 Å². The second kappa shape index (κ2) is 14.3. The van der Waals surface area contributed by atoms with Crippen LogP contribution in [0, 0.1) is 5.92 Å². The number of nitrogens with zero attached hydrogens (tertiary/aromatic N) is 1. The SMILES string of the molecule is CC[C@H](C)[C@@H]1NCCOc2ccccc2/C=C\CNC(=O)[C@@H](Cc2ccccc2)NC(=O)[C@@H](C)N(C)C1=O. The number of likely N-dealkylation sites (N-methyl/N-ethyl adjacent to an activating group) is 1. The lowest BCUT2D eigenvalue weighted by molar-refractivity contribution is -0.141. The molecular formula is C30H40N4O4. The fourth-order valence-electron chi connectivity index (χ4n) is 4.30. The molecule has 4 atom stereocenters. The third-order valence-corrected chi connectivity index (χ3v) is 7.04. The van der Waals surface area contributed by atoms with Crippen LogP contribution in [0.3, 0.4) is 0 Å². The van der Waals surface area contributed by atoms with Gasteiger partial charge in [0.05, 0.1) is 6.04 Å². The highest BCUT2D eigenvalue weighted by atomic mass is 16.5. The fraction of sp³-hybridized carbons (Fsp3) is 0.433. The first-order valence-corrected chi connectivity index (χ1v) is 13.3. The highest BCUT2D eigenvalue weighted by Crippen LogP contribution is 2.19. The van der Waals surface area contributed by atoms with Gasteiger partial charge in [-0.2, -0.15) is 0 Å². The van der Waals surface area contributed by atoms with Crippen LogP contribution in [0.15, 0.2) is 60.7 Å². The van der Waals surface area contributed by atoms with Crippen molar-refractivity contribution in [3.63, 3.8) is 0 Å². The van der Waals surface area contributed by atoms with Crippen LogP contribution in [-0.4, -0.2) is 67.5 Å². The molecule has 0 spiro atoms. The van der Waals surface area contributed by atoms with Gasteiger partial charge in [-0.05, 0) is 24.5 Å². The quantitative estimate of drug-likeness (QED) is 0.576. The lowest BCUT2D eigenvalue weighted by Crippen LogP contribution is -2.57. The Morgan fingerprint density at radius 1 is 1.03 bits per heavy atom. The van der Waals surface area contributed by atoms with Crippen molar-refractivity contribution < 1.29 is 19.1 Å². The van der Waals surface area contributed by atoms with Crippen LogP contribution in [-0.2, 0) is 20.8 Å². The van der Waals surface area contributed by atoms with Crippen molar-refractivity contribution in [1.29, 1.82) is 0 Å². The summed E-state index contributed by atoms with van der Waals surface area (Å²) in [4.78, 5) is 41.4. The van der Waals surface area contributed by atoms with E-state index in [2.05, 4.69) is 16.0 Å². The maximum absolute atomic E-state index is 13.5. The van der Waals surface area contributed by atoms with Gasteiger partial charge in [-0.1, -0.05) is 81.0 Å². The zero-order valence-corrected chi connectivity index (χ0v) is 22.8. The van der Waals surface area contributed by atoms with Gasteiger partial charge in [-0.3, -0.25) is 14.4 Å². The Morgan fingerprint density at radius 3 is 2.47 bits per heavy atom. The number of hydrogen-bond donors (Lipinski definition) is 3. The van der Waals surface area contributed by atoms with Crippen molar-refractivity contribution in [2.24, 2.45) is 5.92 Å². The number of amides is 3. The largest absolute Gasteiger partial charge is 0.492 e. The zero-order chi connectivity index (χ0) is 27.5. The molecule has 8 heteroatoms. The molecule has 0 aliphatic carbocycles. The Balaban J connectivity index is 1.89. The van der Waals surface area contributed by atoms with Crippen molar-refractivity contribution in [2.45, 2.75) is 51.7 Å². The van der Waals surface area contributed by atoms with E-state index in [1.165, 1.54) is 4.90 Å². The second-order valence-corrected chi connectivity index (χ2v) is 9.73. The Morgan fingerprint density at radius 2 is 1.74 bits per heavy atom. The number of para-hydroxylation sites is 1. The average Bonchev–Trinajstić information content (AvgIpc) is 2.94. The first kappa shape index (κ1) is 28.9. The summed E-state index contributed by atoms with van der Waals surface area (Å²) in [5.74, 6) is -0.0657. The number of carbonyl (C=O) groups is 3. The molecule has 1 aliphatic heterocycles. The molecule has 0 aromatic heterocycles. The number of nitrogens with one attached hydrogen (secondary N) is 3. The van der Waals surface area contributed by atoms with Crippen LogP contribution in [0.4, 0.5) is 0 Å². The molecule has 3 rings (SSSR count). The van der Waals surface area contributed by atoms with Crippen LogP contribution >= 0.6 is 0 Å². The minimum absolute atomic E-state index is 0.0534. The van der Waals surface area contributed by atoms with E-state index in [4.69, 9.17) is 4.74 Å². The highest BCUT2D eigenvalue weighted by Gasteiger charge is 2.32. The number of ether oxygens (including phenoxy) is 1. The summed E-state index contributed by atoms with van der Waals surface area (Å²) in [5, 5.41) is 9.13. The predicted molar refractivity (Wildman–Crippen MR) is 150 cm³/mol. The van der Waals surface area contributed by atoms with Gasteiger partial charge in [-0.15, -0.1) is 0 Å². The second-order valence-electron chi connectivity index (χ2n) is 9.73. The molecule has 204 valence electrons. The normalized spacial score (nSPS) is 23.6. The van der Waals surface area contributed by atoms with Gasteiger partial charge in [0.25, 0.3) is 0 Å². The minimum Gasteiger partial charge on any atom is -0.492 e. The van der Waals surface area contributed by atoms with Gasteiger partial charge in [0.2, 0.25) is 17.7 Å². The van der Waals surface area contributed by atoms with Crippen LogP contribution in [0.1, 0.15) is 38.3 Å². The molecule has 2 aromatic rings. The summed E-state index contributed by atoms with van der Waals surface area (Å²) in [6.45, 7) is 6.87. The van der Waals surface area contributed by atoms with Crippen LogP contribution in [0.2, 0.25) is 0 Å². The van der Waals surface area contributed by atoms with E-state index in [9.17, 15) is 14.4 Å². The van der Waals surface area contributed by atoms with Crippen LogP contribution in [0.5, 0.6) is 5.75 Å². The number of hydrogen-bond acceptors (Lipinski definition) is 5. The summed E-state index contributed by atoms with van der Waals surface area (Å²) < 4.78 is 6.01. The molecule has 2 aromatic carbocycles. The van der Waals surface area contributed by atoms with Gasteiger partial charge in [0.15, 0.2) is 0 Å². The molecule has 0 saturated heterocycles. The zero-order valence-electron chi connectivity index (χ0n) is 22.8. The number of rotatable bonds is 4. The van der Waals surface area contributed by atoms with Gasteiger partial charge < -0.3 is 25.6 Å². The van der Waals surface area contributed by atoms with E-state index in [1.807, 2.05) is 80.6 Å². The number of benzene rings is 2. The molecule has 0 bridgehead atoms. The Hall–Kier alpha value is -3.65. The summed E-state index contributed by atoms with van der Waals surface area (Å²) >= 11 is 0. The van der Waals surface area contributed by atoms with Crippen LogP contribution < -0.4 is 20.7 Å². The maximum Gasteiger partial charge on any atom is 0.243 e. The van der Waals surface area contributed by atoms with E-state index >= 15 is 0 Å². The first-order chi connectivity index (χ1) is 18.3. The Bertz CT molecular complexity index is 1100. The third kappa shape index (κ3) is 7.92. The molecule has 0 fully saturated rings. The van der Waals surface area contributed by atoms with Crippen molar-refractivity contribution in [3.8, 4) is 5.75 Å². The fourth-order valence-corrected chi connectivity index (χ4v) is 4.30. The highest BCUT2D eigenvalue weighted by molar-refractivity contribution is 5.93. The van der Waals surface area contributed by atoms with Gasteiger partial charge >= 0.3 is 0 Å². The molecule has 3 N–H and O–H groups in total. The molecular weight excluding hydrogens is 480 g/mol. The van der Waals surface area contributed by atoms with E-state index < -0.39 is 18.1 Å². The molecule has 0 unspecified atom stereocenters. The average molecular weight is 521 g/mol. The molecule has 0 radical (unpaired) electrons. The first-order valence-electron chi connectivity index (χ1n) is 13.3. The standard InChI is InChI=1S/C30H40N4O4/c1-5-21(2)27-30(37)34(4)22(3)28(35)33-25(20-23-12-7-6-8-13-23)29(36)32-17-11-15-24-14-9-10-16-26(24)38-19-18-31-27/h6-16,21-22,25,27,31H,5,17-20H2,1-4H3,(H,32,36)(H,33,35)/b15-11-/t21-,22+,25+,27-/m0/s1. The molecule has 1 aliphatic rings. The molecule has 3 amide bonds. The van der Waals surface area contributed by atoms with E-state index in [1.54, 1.807) is 14.0 Å². The monoisotopic (exact) mass is 520 g/mol. The van der Waals surface area contributed by atoms with E-state index in [0.717, 1.165) is 23.3 Å². The summed E-state index contributed by atoms with van der Waals surface area (Å²) in [7, 11) is 1.63. The number of fused-ring (bicyclic) bond motifs is 1. The smallest absolute Gasteiger partial charge is 0.243 e. The summed E-state index contributed by atoms with van der Waals surface area (Å²) in [6, 6.07) is 15.2. The minimum atomic E-state index is -0.790. The molecule has 38 heavy (non-hydrogen) atoms. The van der Waals surface area contributed by atoms with Crippen LogP contribution in [0.25, 0.3) is 6.08 Å². The molecule has 8 nitrogen and oxygen atoms in total. The molecule has 0 saturated carbocycles. The molecule has 1 heterocycles. The van der Waals surface area contributed by atoms with Crippen molar-refractivity contribution in [1.82, 2.24) is 20.9 Å². The summed E-state index contributed by atoms with van der Waals surface area (Å²) in [6.07, 6.45) is 4.89. The predicted octanol–water partition coefficient (Wildman–Crippen LogP) is 2.79. The lowest BCUT2D eigenvalue weighted by atomic mass is 9.97. The van der Waals surface area contributed by atoms with Gasteiger partial charge in [-0.25, -0.2) is 0 Å². The van der Waals surface area contributed by atoms with Gasteiger partial charge in [0.1, 0.15) is 24.4 Å². The van der Waals surface area contributed by atoms with Gasteiger partial charge in [0, 0.05) is 32.1 Å². The third-order valence-electron chi connectivity index (χ3n) is 7.04. The summed E-state index contributed by atoms with van der Waals surface area (Å²) in [5.41, 5.74) is 1.81. The van der Waals surface area contributed by atoms with E-state index in [-0.39, 0.29) is 23.6 Å². The van der Waals surface area contributed by atoms with E-state index in [0.29, 0.717) is 26.1 Å². The maximum atomic E-state index is 13.5. The topological polar surface area (TPSA) is 99.8 Å². The number of carbonyl (C=O) groups excluding carboxylic acids is 3. The van der Waals surface area contributed by atoms with Crippen molar-refractivity contribution in [3.05, 3.63) is 71.8 Å². The Labute approximate surface area is 225 Å². The van der Waals surface area contributed by atoms with Crippen molar-refractivity contribution in [2.75, 3.05) is 26.7 Å². The lowest BCUT2D eigenvalue weighted by Gasteiger charge is -2.32. The Kier molecular flexibility index (Phi) is 10.9.